The summed E-state index contributed by atoms with van der Waals surface area (Å²) in [6.07, 6.45) is 9.89. The molecule has 172 valence electrons. The number of amides is 1. The molecule has 0 aliphatic heterocycles. The van der Waals surface area contributed by atoms with Gasteiger partial charge in [0.05, 0.1) is 19.3 Å². The highest BCUT2D eigenvalue weighted by Gasteiger charge is 2.10. The molecule has 0 unspecified atom stereocenters. The molecule has 0 aromatic rings. The zero-order valence-corrected chi connectivity index (χ0v) is 19.9. The lowest BCUT2D eigenvalue weighted by molar-refractivity contribution is -0.134. The van der Waals surface area contributed by atoms with E-state index >= 15 is 0 Å². The van der Waals surface area contributed by atoms with E-state index in [1.165, 1.54) is 7.11 Å². The highest BCUT2D eigenvalue weighted by molar-refractivity contribution is 5.79. The summed E-state index contributed by atoms with van der Waals surface area (Å²) in [7, 11) is 1.51. The summed E-state index contributed by atoms with van der Waals surface area (Å²) in [4.78, 5) is 12.3. The van der Waals surface area contributed by atoms with Gasteiger partial charge in [-0.2, -0.15) is 5.01 Å². The summed E-state index contributed by atoms with van der Waals surface area (Å²) in [6, 6.07) is 4.94. The average molecular weight is 484 g/mol. The molecule has 38 heavy (non-hydrogen) atoms. The van der Waals surface area contributed by atoms with Crippen molar-refractivity contribution in [3.05, 3.63) is 0 Å². The van der Waals surface area contributed by atoms with Crippen LogP contribution in [0.1, 0.15) is 0 Å². The Hall–Kier alpha value is -6.97. The maximum Gasteiger partial charge on any atom is 0.279 e. The topological polar surface area (TPSA) is 50.8 Å². The van der Waals surface area contributed by atoms with Crippen LogP contribution in [0.4, 0.5) is 0 Å². The summed E-state index contributed by atoms with van der Waals surface area (Å²) in [5, 5.41) is 0.898. The molecule has 5 heteroatoms. The van der Waals surface area contributed by atoms with E-state index in [-0.39, 0.29) is 13.2 Å². The van der Waals surface area contributed by atoms with Gasteiger partial charge in [0.15, 0.2) is 0 Å². The number of hydrogen-bond donors (Lipinski definition) is 1. The Balaban J connectivity index is 5.20. The van der Waals surface area contributed by atoms with Crippen molar-refractivity contribution in [1.82, 2.24) is 10.4 Å². The lowest BCUT2D eigenvalue weighted by Gasteiger charge is -2.12. The van der Waals surface area contributed by atoms with Crippen molar-refractivity contribution >= 4 is 5.91 Å². The second-order valence-corrected chi connectivity index (χ2v) is 5.16. The molecule has 0 aliphatic carbocycles. The van der Waals surface area contributed by atoms with Crippen LogP contribution in [-0.2, 0) is 14.3 Å². The van der Waals surface area contributed by atoms with Gasteiger partial charge >= 0.3 is 0 Å². The minimum atomic E-state index is -0.524. The predicted octanol–water partition coefficient (Wildman–Crippen LogP) is -0.795. The summed E-state index contributed by atoms with van der Waals surface area (Å²) in [5.74, 6) is 57.3. The molecule has 0 aromatic heterocycles. The van der Waals surface area contributed by atoms with Crippen molar-refractivity contribution in [2.24, 2.45) is 0 Å². The molecule has 0 radical (unpaired) electrons. The molecule has 0 fully saturated rings. The molecule has 0 heterocycles. The van der Waals surface area contributed by atoms with Crippen LogP contribution in [0, 0.1) is 167 Å². The first-order valence-corrected chi connectivity index (χ1v) is 9.83. The second kappa shape index (κ2) is 26.3. The van der Waals surface area contributed by atoms with E-state index in [9.17, 15) is 4.79 Å². The van der Waals surface area contributed by atoms with Gasteiger partial charge < -0.3 is 9.47 Å². The molecule has 5 nitrogen and oxygen atoms in total. The zero-order chi connectivity index (χ0) is 27.8. The summed E-state index contributed by atoms with van der Waals surface area (Å²) >= 11 is 0. The highest BCUT2D eigenvalue weighted by Crippen LogP contribution is 1.85. The number of methoxy groups -OCH3 is 1. The minimum absolute atomic E-state index is 0.226. The van der Waals surface area contributed by atoms with Crippen molar-refractivity contribution in [3.63, 3.8) is 0 Å². The van der Waals surface area contributed by atoms with E-state index in [1.807, 2.05) is 0 Å². The molecule has 0 spiro atoms. The van der Waals surface area contributed by atoms with E-state index < -0.39 is 5.91 Å². The number of hydrogen-bond acceptors (Lipinski definition) is 4. The number of nitrogens with one attached hydrogen (secondary N) is 1. The molecular weight excluding hydrogens is 472 g/mol. The van der Waals surface area contributed by atoms with Gasteiger partial charge in [-0.05, 0) is 71.0 Å². The molecule has 0 rings (SSSR count). The molecule has 0 saturated heterocycles. The Labute approximate surface area is 224 Å². The lowest BCUT2D eigenvalue weighted by atomic mass is 10.5. The van der Waals surface area contributed by atoms with Crippen molar-refractivity contribution in [1.29, 1.82) is 0 Å². The lowest BCUT2D eigenvalue weighted by Crippen LogP contribution is -2.38. The molecule has 0 aromatic carbocycles. The van der Waals surface area contributed by atoms with E-state index in [0.29, 0.717) is 6.61 Å². The molecular formula is C33H12N2O3. The standard InChI is InChI=1S/C33H12N2O3/c1-4-6-8-10-12-14-16-18-20-22-24-26-28-34-35(33(36)32-38-31-30-37-3)29-27-25-23-21-19-17-15-13-11-9-7-5-2/h1-2,34H,30-32H2,3H3. The highest BCUT2D eigenvalue weighted by atomic mass is 16.5. The third-order valence-corrected chi connectivity index (χ3v) is 2.70. The number of hydrazine groups is 1. The summed E-state index contributed by atoms with van der Waals surface area (Å²) in [6.45, 7) is 0.287. The first-order valence-electron chi connectivity index (χ1n) is 9.83. The average Bonchev–Trinajstić information content (AvgIpc) is 2.93. The fourth-order valence-electron chi connectivity index (χ4n) is 1.35. The van der Waals surface area contributed by atoms with Crippen LogP contribution in [0.5, 0.6) is 0 Å². The Morgan fingerprint density at radius 1 is 0.605 bits per heavy atom. The number of ether oxygens (including phenoxy) is 2. The first kappa shape index (κ1) is 31.0. The van der Waals surface area contributed by atoms with Gasteiger partial charge in [-0.15, -0.1) is 12.8 Å². The number of nitrogens with zero attached hydrogens (tertiary/aromatic N) is 1. The van der Waals surface area contributed by atoms with Crippen LogP contribution in [0.2, 0.25) is 0 Å². The Morgan fingerprint density at radius 2 is 1.00 bits per heavy atom. The SMILES string of the molecule is C#CC#CC#CC#CC#CC#CC#CNN(C#CC#CC#CC#CC#CC#CC#C)C(=O)COCCOC. The largest absolute Gasteiger partial charge is 0.382 e. The smallest absolute Gasteiger partial charge is 0.279 e. The molecule has 0 atom stereocenters. The Bertz CT molecular complexity index is 1740. The van der Waals surface area contributed by atoms with Crippen molar-refractivity contribution in [2.75, 3.05) is 26.9 Å². The van der Waals surface area contributed by atoms with Gasteiger partial charge in [-0.3, -0.25) is 4.79 Å². The molecule has 1 N–H and O–H groups in total. The van der Waals surface area contributed by atoms with Crippen LogP contribution in [0.3, 0.4) is 0 Å². The third-order valence-electron chi connectivity index (χ3n) is 2.70. The summed E-state index contributed by atoms with van der Waals surface area (Å²) in [5.41, 5.74) is 2.49. The zero-order valence-electron chi connectivity index (χ0n) is 19.9. The van der Waals surface area contributed by atoms with E-state index in [4.69, 9.17) is 22.3 Å². The van der Waals surface area contributed by atoms with Gasteiger partial charge in [-0.1, -0.05) is 0 Å². The monoisotopic (exact) mass is 484 g/mol. The number of terminal acetylenes is 2. The predicted molar refractivity (Wildman–Crippen MR) is 144 cm³/mol. The van der Waals surface area contributed by atoms with Gasteiger partial charge in [0.2, 0.25) is 0 Å². The second-order valence-electron chi connectivity index (χ2n) is 5.16. The Morgan fingerprint density at radius 3 is 1.42 bits per heavy atom. The first-order chi connectivity index (χ1) is 18.8. The molecule has 0 saturated carbocycles. The van der Waals surface area contributed by atoms with E-state index in [2.05, 4.69) is 160 Å². The van der Waals surface area contributed by atoms with Crippen LogP contribution in [-0.4, -0.2) is 37.8 Å². The van der Waals surface area contributed by atoms with Crippen LogP contribution < -0.4 is 5.43 Å². The van der Waals surface area contributed by atoms with E-state index in [0.717, 1.165) is 5.01 Å². The maximum atomic E-state index is 12.3. The maximum absolute atomic E-state index is 12.3. The number of rotatable bonds is 6. The fraction of sp³-hybridized carbons (Fsp3) is 0.121. The van der Waals surface area contributed by atoms with Crippen LogP contribution >= 0.6 is 0 Å². The van der Waals surface area contributed by atoms with Crippen LogP contribution in [0.25, 0.3) is 0 Å². The number of carbonyl (C=O) groups is 1. The minimum Gasteiger partial charge on any atom is -0.382 e. The van der Waals surface area contributed by atoms with Crippen molar-refractivity contribution in [2.45, 2.75) is 0 Å². The van der Waals surface area contributed by atoms with Gasteiger partial charge in [-0.25, -0.2) is 5.43 Å². The van der Waals surface area contributed by atoms with Gasteiger partial charge in [0, 0.05) is 84.2 Å². The molecule has 0 bridgehead atoms. The number of carbonyl (C=O) groups excluding carboxylic acids is 1. The quantitative estimate of drug-likeness (QED) is 0.232. The molecule has 1 amide bonds. The molecule has 0 aliphatic rings. The Kier molecular flexibility index (Phi) is 21.5. The van der Waals surface area contributed by atoms with Crippen molar-refractivity contribution < 1.29 is 14.3 Å². The fourth-order valence-corrected chi connectivity index (χ4v) is 1.35. The third kappa shape index (κ3) is 22.2. The van der Waals surface area contributed by atoms with E-state index in [1.54, 1.807) is 0 Å². The normalized spacial score (nSPS) is 5.66. The van der Waals surface area contributed by atoms with Gasteiger partial charge in [0.25, 0.3) is 5.91 Å². The van der Waals surface area contributed by atoms with Gasteiger partial charge in [0.1, 0.15) is 6.61 Å². The summed E-state index contributed by atoms with van der Waals surface area (Å²) < 4.78 is 10.0. The van der Waals surface area contributed by atoms with Crippen LogP contribution in [0.15, 0.2) is 0 Å². The van der Waals surface area contributed by atoms with Crippen molar-refractivity contribution in [3.8, 4) is 167 Å².